The standard InChI is InChI=1S/C16H17N3O2/c1-11-4-6-12(7-5-11)14-3-2-10-19(14)16(21)13-8-9-15(20)18-17-13/h4-9,14H,2-3,10H2,1H3,(H,18,20)/t14-/m0/s1. The van der Waals surface area contributed by atoms with Crippen LogP contribution in [0.15, 0.2) is 41.2 Å². The summed E-state index contributed by atoms with van der Waals surface area (Å²) in [5, 5.41) is 6.15. The van der Waals surface area contributed by atoms with Gasteiger partial charge < -0.3 is 4.90 Å². The van der Waals surface area contributed by atoms with Crippen LogP contribution in [0, 0.1) is 6.92 Å². The monoisotopic (exact) mass is 283 g/mol. The number of likely N-dealkylation sites (tertiary alicyclic amines) is 1. The van der Waals surface area contributed by atoms with E-state index >= 15 is 0 Å². The third-order valence-corrected chi connectivity index (χ3v) is 3.87. The van der Waals surface area contributed by atoms with Gasteiger partial charge in [0.15, 0.2) is 0 Å². The average Bonchev–Trinajstić information content (AvgIpc) is 2.97. The maximum Gasteiger partial charge on any atom is 0.274 e. The summed E-state index contributed by atoms with van der Waals surface area (Å²) in [5.41, 5.74) is 2.34. The fourth-order valence-corrected chi connectivity index (χ4v) is 2.76. The van der Waals surface area contributed by atoms with E-state index in [-0.39, 0.29) is 23.2 Å². The number of carbonyl (C=O) groups is 1. The van der Waals surface area contributed by atoms with Crippen LogP contribution in [0.4, 0.5) is 0 Å². The molecule has 108 valence electrons. The molecule has 1 fully saturated rings. The highest BCUT2D eigenvalue weighted by Crippen LogP contribution is 2.32. The predicted octanol–water partition coefficient (Wildman–Crippen LogP) is 2.06. The van der Waals surface area contributed by atoms with Crippen molar-refractivity contribution in [3.63, 3.8) is 0 Å². The summed E-state index contributed by atoms with van der Waals surface area (Å²) in [7, 11) is 0. The molecular formula is C16H17N3O2. The summed E-state index contributed by atoms with van der Waals surface area (Å²) >= 11 is 0. The number of nitrogens with one attached hydrogen (secondary N) is 1. The Balaban J connectivity index is 1.86. The molecule has 0 saturated carbocycles. The summed E-state index contributed by atoms with van der Waals surface area (Å²) in [6, 6.07) is 11.2. The number of rotatable bonds is 2. The first kappa shape index (κ1) is 13.5. The minimum absolute atomic E-state index is 0.0897. The molecule has 21 heavy (non-hydrogen) atoms. The molecule has 1 N–H and O–H groups in total. The van der Waals surface area contributed by atoms with Crippen LogP contribution in [0.5, 0.6) is 0 Å². The molecule has 1 amide bonds. The number of H-pyrrole nitrogens is 1. The number of hydrogen-bond acceptors (Lipinski definition) is 3. The maximum absolute atomic E-state index is 12.6. The second kappa shape index (κ2) is 5.52. The normalized spacial score (nSPS) is 18.0. The van der Waals surface area contributed by atoms with Crippen molar-refractivity contribution in [2.45, 2.75) is 25.8 Å². The van der Waals surface area contributed by atoms with Crippen molar-refractivity contribution >= 4 is 5.91 Å². The molecule has 1 saturated heterocycles. The molecule has 0 spiro atoms. The number of amides is 1. The van der Waals surface area contributed by atoms with E-state index in [0.29, 0.717) is 0 Å². The summed E-state index contributed by atoms with van der Waals surface area (Å²) in [5.74, 6) is -0.130. The van der Waals surface area contributed by atoms with E-state index in [1.807, 2.05) is 11.8 Å². The molecule has 1 aromatic heterocycles. The van der Waals surface area contributed by atoms with E-state index in [9.17, 15) is 9.59 Å². The fourth-order valence-electron chi connectivity index (χ4n) is 2.76. The Morgan fingerprint density at radius 1 is 1.24 bits per heavy atom. The van der Waals surface area contributed by atoms with Crippen LogP contribution < -0.4 is 5.56 Å². The van der Waals surface area contributed by atoms with E-state index < -0.39 is 0 Å². The highest BCUT2D eigenvalue weighted by molar-refractivity contribution is 5.92. The largest absolute Gasteiger partial charge is 0.330 e. The smallest absolute Gasteiger partial charge is 0.274 e. The highest BCUT2D eigenvalue weighted by Gasteiger charge is 2.31. The molecule has 1 atom stereocenters. The molecular weight excluding hydrogens is 266 g/mol. The minimum atomic E-state index is -0.303. The van der Waals surface area contributed by atoms with Crippen LogP contribution in [-0.2, 0) is 0 Å². The van der Waals surface area contributed by atoms with Gasteiger partial charge in [-0.05, 0) is 31.4 Å². The van der Waals surface area contributed by atoms with Crippen LogP contribution in [0.3, 0.4) is 0 Å². The molecule has 2 aromatic rings. The van der Waals surface area contributed by atoms with E-state index in [1.165, 1.54) is 17.7 Å². The van der Waals surface area contributed by atoms with Crippen LogP contribution >= 0.6 is 0 Å². The second-order valence-corrected chi connectivity index (χ2v) is 5.37. The molecule has 3 rings (SSSR count). The van der Waals surface area contributed by atoms with E-state index in [2.05, 4.69) is 34.5 Å². The molecule has 1 aromatic carbocycles. The lowest BCUT2D eigenvalue weighted by Gasteiger charge is -2.24. The SMILES string of the molecule is Cc1ccc([C@@H]2CCCN2C(=O)c2ccc(=O)[nH]n2)cc1. The van der Waals surface area contributed by atoms with Gasteiger partial charge >= 0.3 is 0 Å². The first-order valence-corrected chi connectivity index (χ1v) is 7.08. The number of aryl methyl sites for hydroxylation is 1. The van der Waals surface area contributed by atoms with Gasteiger partial charge in [-0.2, -0.15) is 5.10 Å². The van der Waals surface area contributed by atoms with Crippen LogP contribution in [-0.4, -0.2) is 27.5 Å². The van der Waals surface area contributed by atoms with Crippen LogP contribution in [0.1, 0.15) is 40.5 Å². The molecule has 1 aliphatic heterocycles. The second-order valence-electron chi connectivity index (χ2n) is 5.37. The first-order chi connectivity index (χ1) is 10.1. The van der Waals surface area contributed by atoms with Gasteiger partial charge in [-0.15, -0.1) is 0 Å². The van der Waals surface area contributed by atoms with E-state index in [1.54, 1.807) is 0 Å². The van der Waals surface area contributed by atoms with Crippen LogP contribution in [0.2, 0.25) is 0 Å². The van der Waals surface area contributed by atoms with Gasteiger partial charge in [0.1, 0.15) is 5.69 Å². The number of hydrogen-bond donors (Lipinski definition) is 1. The molecule has 1 aliphatic rings. The summed E-state index contributed by atoms with van der Waals surface area (Å²) in [6.45, 7) is 2.77. The zero-order chi connectivity index (χ0) is 14.8. The zero-order valence-corrected chi connectivity index (χ0v) is 11.9. The summed E-state index contributed by atoms with van der Waals surface area (Å²) in [6.07, 6.45) is 1.94. The minimum Gasteiger partial charge on any atom is -0.330 e. The Morgan fingerprint density at radius 3 is 2.67 bits per heavy atom. The van der Waals surface area contributed by atoms with Crippen LogP contribution in [0.25, 0.3) is 0 Å². The van der Waals surface area contributed by atoms with Crippen molar-refractivity contribution in [2.75, 3.05) is 6.54 Å². The van der Waals surface area contributed by atoms with Gasteiger partial charge in [0.25, 0.3) is 11.5 Å². The number of benzene rings is 1. The molecule has 2 heterocycles. The third kappa shape index (κ3) is 2.72. The molecule has 0 aliphatic carbocycles. The van der Waals surface area contributed by atoms with Crippen molar-refractivity contribution in [2.24, 2.45) is 0 Å². The quantitative estimate of drug-likeness (QED) is 0.917. The van der Waals surface area contributed by atoms with Gasteiger partial charge in [-0.25, -0.2) is 5.10 Å². The van der Waals surface area contributed by atoms with E-state index in [0.717, 1.165) is 24.9 Å². The topological polar surface area (TPSA) is 66.1 Å². The lowest BCUT2D eigenvalue weighted by atomic mass is 10.0. The first-order valence-electron chi connectivity index (χ1n) is 7.08. The Kier molecular flexibility index (Phi) is 3.56. The van der Waals surface area contributed by atoms with E-state index in [4.69, 9.17) is 0 Å². The van der Waals surface area contributed by atoms with Crippen molar-refractivity contribution in [3.8, 4) is 0 Å². The summed E-state index contributed by atoms with van der Waals surface area (Å²) < 4.78 is 0. The number of aromatic nitrogens is 2. The Morgan fingerprint density at radius 2 is 2.00 bits per heavy atom. The summed E-state index contributed by atoms with van der Waals surface area (Å²) in [4.78, 5) is 25.4. The van der Waals surface area contributed by atoms with Crippen molar-refractivity contribution in [1.82, 2.24) is 15.1 Å². The lowest BCUT2D eigenvalue weighted by molar-refractivity contribution is 0.0728. The maximum atomic E-state index is 12.6. The predicted molar refractivity (Wildman–Crippen MR) is 79.0 cm³/mol. The average molecular weight is 283 g/mol. The van der Waals surface area contributed by atoms with Gasteiger partial charge in [-0.1, -0.05) is 29.8 Å². The highest BCUT2D eigenvalue weighted by atomic mass is 16.2. The van der Waals surface area contributed by atoms with Gasteiger partial charge in [0.2, 0.25) is 0 Å². The lowest BCUT2D eigenvalue weighted by Crippen LogP contribution is -2.31. The third-order valence-electron chi connectivity index (χ3n) is 3.87. The number of nitrogens with zero attached hydrogens (tertiary/aromatic N) is 2. The Hall–Kier alpha value is -2.43. The van der Waals surface area contributed by atoms with Gasteiger partial charge in [0.05, 0.1) is 6.04 Å². The van der Waals surface area contributed by atoms with Crippen molar-refractivity contribution < 1.29 is 4.79 Å². The Labute approximate surface area is 122 Å². The van der Waals surface area contributed by atoms with Gasteiger partial charge in [-0.3, -0.25) is 9.59 Å². The van der Waals surface area contributed by atoms with Gasteiger partial charge in [0, 0.05) is 12.6 Å². The number of carbonyl (C=O) groups excluding carboxylic acids is 1. The molecule has 5 nitrogen and oxygen atoms in total. The number of aromatic amines is 1. The molecule has 0 unspecified atom stereocenters. The molecule has 5 heteroatoms. The van der Waals surface area contributed by atoms with Crippen molar-refractivity contribution in [1.29, 1.82) is 0 Å². The fraction of sp³-hybridized carbons (Fsp3) is 0.312. The zero-order valence-electron chi connectivity index (χ0n) is 11.9. The van der Waals surface area contributed by atoms with Crippen molar-refractivity contribution in [3.05, 3.63) is 63.6 Å². The Bertz CT molecular complexity index is 686. The molecule has 0 radical (unpaired) electrons. The molecule has 0 bridgehead atoms.